The Morgan fingerprint density at radius 2 is 1.84 bits per heavy atom. The Balaban J connectivity index is 1.18. The molecule has 37 heavy (non-hydrogen) atoms. The van der Waals surface area contributed by atoms with E-state index >= 15 is 0 Å². The van der Waals surface area contributed by atoms with Crippen molar-refractivity contribution in [3.8, 4) is 11.1 Å². The first kappa shape index (κ1) is 23.5. The molecule has 0 bridgehead atoms. The van der Waals surface area contributed by atoms with Crippen LogP contribution in [0.1, 0.15) is 35.3 Å². The van der Waals surface area contributed by atoms with Crippen LogP contribution in [0.4, 0.5) is 20.3 Å². The van der Waals surface area contributed by atoms with Crippen molar-refractivity contribution in [1.82, 2.24) is 25.1 Å². The predicted octanol–water partition coefficient (Wildman–Crippen LogP) is 4.71. The van der Waals surface area contributed by atoms with Crippen LogP contribution in [0.15, 0.2) is 55.0 Å². The Hall–Kier alpha value is -3.92. The van der Waals surface area contributed by atoms with E-state index in [-0.39, 0.29) is 24.7 Å². The lowest BCUT2D eigenvalue weighted by Gasteiger charge is -2.39. The van der Waals surface area contributed by atoms with Gasteiger partial charge in [-0.05, 0) is 67.4 Å². The Kier molecular flexibility index (Phi) is 6.03. The molecule has 8 nitrogen and oxygen atoms in total. The average molecular weight is 504 g/mol. The number of alkyl halides is 2. The van der Waals surface area contributed by atoms with E-state index in [0.29, 0.717) is 16.9 Å². The summed E-state index contributed by atoms with van der Waals surface area (Å²) >= 11 is 0. The first-order valence-electron chi connectivity index (χ1n) is 12.5. The standard InChI is InChI=1S/C27H27F2N7O/c28-27(29)16-36(17-27)24-7-5-21(14-31-24)32-26(37)25-22-11-19(4-6-23(22)33-34-25)20-10-18(12-30-13-20)15-35-8-2-1-3-9-35/h4-7,10-14H,1-3,8-9,15-17H2,(H,32,37)(H,33,34). The molecule has 5 heterocycles. The monoisotopic (exact) mass is 503 g/mol. The topological polar surface area (TPSA) is 90.0 Å². The van der Waals surface area contributed by atoms with Gasteiger partial charge in [0, 0.05) is 29.9 Å². The van der Waals surface area contributed by atoms with Gasteiger partial charge in [0.2, 0.25) is 0 Å². The van der Waals surface area contributed by atoms with Crippen LogP contribution in [0.3, 0.4) is 0 Å². The molecule has 0 aliphatic carbocycles. The fourth-order valence-electron chi connectivity index (χ4n) is 4.99. The first-order chi connectivity index (χ1) is 17.9. The average Bonchev–Trinajstić information content (AvgIpc) is 3.32. The van der Waals surface area contributed by atoms with Gasteiger partial charge in [-0.25, -0.2) is 13.8 Å². The van der Waals surface area contributed by atoms with Gasteiger partial charge < -0.3 is 10.2 Å². The van der Waals surface area contributed by atoms with Crippen molar-refractivity contribution in [2.45, 2.75) is 31.7 Å². The highest BCUT2D eigenvalue weighted by molar-refractivity contribution is 6.11. The molecule has 0 spiro atoms. The summed E-state index contributed by atoms with van der Waals surface area (Å²) in [7, 11) is 0. The number of halogens is 2. The minimum atomic E-state index is -2.67. The Morgan fingerprint density at radius 1 is 1.00 bits per heavy atom. The van der Waals surface area contributed by atoms with Crippen LogP contribution in [0, 0.1) is 0 Å². The van der Waals surface area contributed by atoms with Crippen molar-refractivity contribution in [2.24, 2.45) is 0 Å². The molecule has 190 valence electrons. The maximum Gasteiger partial charge on any atom is 0.282 e. The van der Waals surface area contributed by atoms with Crippen LogP contribution in [-0.4, -0.2) is 63.1 Å². The summed E-state index contributed by atoms with van der Waals surface area (Å²) in [5, 5.41) is 10.7. The second-order valence-corrected chi connectivity index (χ2v) is 9.82. The molecule has 2 aliphatic heterocycles. The number of aromatic amines is 1. The summed E-state index contributed by atoms with van der Waals surface area (Å²) in [5.41, 5.74) is 4.58. The number of H-pyrrole nitrogens is 1. The fourth-order valence-corrected chi connectivity index (χ4v) is 4.99. The van der Waals surface area contributed by atoms with Gasteiger partial charge >= 0.3 is 0 Å². The van der Waals surface area contributed by atoms with Crippen LogP contribution in [-0.2, 0) is 6.54 Å². The lowest BCUT2D eigenvalue weighted by molar-refractivity contribution is -0.0267. The number of nitrogens with one attached hydrogen (secondary N) is 2. The first-order valence-corrected chi connectivity index (χ1v) is 12.5. The second kappa shape index (κ2) is 9.51. The summed E-state index contributed by atoms with van der Waals surface area (Å²) in [6, 6.07) is 11.3. The van der Waals surface area contributed by atoms with Gasteiger partial charge in [-0.1, -0.05) is 12.5 Å². The van der Waals surface area contributed by atoms with Crippen molar-refractivity contribution in [3.63, 3.8) is 0 Å². The number of benzene rings is 1. The maximum absolute atomic E-state index is 13.1. The van der Waals surface area contributed by atoms with Gasteiger partial charge in [-0.2, -0.15) is 5.10 Å². The molecule has 0 unspecified atom stereocenters. The number of anilines is 2. The van der Waals surface area contributed by atoms with Crippen molar-refractivity contribution in [2.75, 3.05) is 36.4 Å². The van der Waals surface area contributed by atoms with Crippen LogP contribution >= 0.6 is 0 Å². The molecular weight excluding hydrogens is 476 g/mol. The molecule has 10 heteroatoms. The Morgan fingerprint density at radius 3 is 2.59 bits per heavy atom. The van der Waals surface area contributed by atoms with E-state index in [1.807, 2.05) is 30.6 Å². The van der Waals surface area contributed by atoms with E-state index in [2.05, 4.69) is 36.4 Å². The third-order valence-corrected chi connectivity index (χ3v) is 6.94. The smallest absolute Gasteiger partial charge is 0.282 e. The van der Waals surface area contributed by atoms with E-state index in [0.717, 1.165) is 36.3 Å². The zero-order valence-corrected chi connectivity index (χ0v) is 20.3. The number of carbonyl (C=O) groups excluding carboxylic acids is 1. The van der Waals surface area contributed by atoms with Crippen molar-refractivity contribution in [1.29, 1.82) is 0 Å². The van der Waals surface area contributed by atoms with Gasteiger partial charge in [0.1, 0.15) is 5.82 Å². The molecule has 2 saturated heterocycles. The number of nitrogens with zero attached hydrogens (tertiary/aromatic N) is 5. The molecule has 1 aromatic carbocycles. The number of carbonyl (C=O) groups is 1. The summed E-state index contributed by atoms with van der Waals surface area (Å²) < 4.78 is 26.2. The van der Waals surface area contributed by atoms with Gasteiger partial charge in [-0.3, -0.25) is 19.8 Å². The zero-order chi connectivity index (χ0) is 25.4. The van der Waals surface area contributed by atoms with Crippen LogP contribution in [0.25, 0.3) is 22.0 Å². The second-order valence-electron chi connectivity index (χ2n) is 9.82. The molecule has 1 amide bonds. The fraction of sp³-hybridized carbons (Fsp3) is 0.333. The SMILES string of the molecule is O=C(Nc1ccc(N2CC(F)(F)C2)nc1)c1n[nH]c2ccc(-c3cncc(CN4CCCCC4)c3)cc12. The molecular formula is C27H27F2N7O. The quantitative estimate of drug-likeness (QED) is 0.396. The van der Waals surface area contributed by atoms with Crippen LogP contribution in [0.2, 0.25) is 0 Å². The van der Waals surface area contributed by atoms with Gasteiger partial charge in [0.25, 0.3) is 11.8 Å². The zero-order valence-electron chi connectivity index (χ0n) is 20.3. The van der Waals surface area contributed by atoms with Crippen molar-refractivity contribution >= 4 is 28.3 Å². The number of hydrogen-bond acceptors (Lipinski definition) is 6. The van der Waals surface area contributed by atoms with E-state index in [4.69, 9.17) is 0 Å². The van der Waals surface area contributed by atoms with E-state index in [1.165, 1.54) is 35.9 Å². The van der Waals surface area contributed by atoms with Gasteiger partial charge in [0.15, 0.2) is 5.69 Å². The summed E-state index contributed by atoms with van der Waals surface area (Å²) in [6.45, 7) is 2.44. The predicted molar refractivity (Wildman–Crippen MR) is 138 cm³/mol. The summed E-state index contributed by atoms with van der Waals surface area (Å²) in [4.78, 5) is 25.7. The minimum Gasteiger partial charge on any atom is -0.344 e. The minimum absolute atomic E-state index is 0.265. The van der Waals surface area contributed by atoms with Crippen LogP contribution in [0.5, 0.6) is 0 Å². The number of likely N-dealkylation sites (tertiary alicyclic amines) is 1. The third-order valence-electron chi connectivity index (χ3n) is 6.94. The van der Waals surface area contributed by atoms with Crippen molar-refractivity contribution in [3.05, 3.63) is 66.2 Å². The molecule has 2 aliphatic rings. The molecule has 0 atom stereocenters. The molecule has 4 aromatic rings. The molecule has 0 saturated carbocycles. The number of fused-ring (bicyclic) bond motifs is 1. The molecule has 0 radical (unpaired) electrons. The van der Waals surface area contributed by atoms with Crippen molar-refractivity contribution < 1.29 is 13.6 Å². The van der Waals surface area contributed by atoms with Gasteiger partial charge in [0.05, 0.1) is 30.5 Å². The molecule has 3 aromatic heterocycles. The number of amides is 1. The number of aromatic nitrogens is 4. The number of pyridine rings is 2. The lowest BCUT2D eigenvalue weighted by Crippen LogP contribution is -2.56. The van der Waals surface area contributed by atoms with E-state index < -0.39 is 5.92 Å². The largest absolute Gasteiger partial charge is 0.344 e. The maximum atomic E-state index is 13.1. The summed E-state index contributed by atoms with van der Waals surface area (Å²) in [6.07, 6.45) is 9.00. The highest BCUT2D eigenvalue weighted by Gasteiger charge is 2.44. The number of piperidine rings is 1. The Bertz CT molecular complexity index is 1420. The number of hydrogen-bond donors (Lipinski definition) is 2. The highest BCUT2D eigenvalue weighted by atomic mass is 19.3. The van der Waals surface area contributed by atoms with E-state index in [1.54, 1.807) is 12.1 Å². The highest BCUT2D eigenvalue weighted by Crippen LogP contribution is 2.31. The molecule has 6 rings (SSSR count). The lowest BCUT2D eigenvalue weighted by atomic mass is 10.0. The van der Waals surface area contributed by atoms with E-state index in [9.17, 15) is 13.6 Å². The molecule has 2 fully saturated rings. The Labute approximate surface area is 212 Å². The van der Waals surface area contributed by atoms with Crippen LogP contribution < -0.4 is 10.2 Å². The number of rotatable bonds is 6. The summed E-state index contributed by atoms with van der Waals surface area (Å²) in [5.74, 6) is -2.60. The van der Waals surface area contributed by atoms with Gasteiger partial charge in [-0.15, -0.1) is 0 Å². The normalized spacial score (nSPS) is 17.5. The third kappa shape index (κ3) is 5.01. The molecule has 2 N–H and O–H groups in total.